The first-order valence-corrected chi connectivity index (χ1v) is 4.78. The number of hydrogen-bond acceptors (Lipinski definition) is 2. The van der Waals surface area contributed by atoms with Gasteiger partial charge in [-0.15, -0.1) is 0 Å². The number of benzene rings is 1. The molecular formula is C12H17NO. The van der Waals surface area contributed by atoms with E-state index in [1.165, 1.54) is 5.56 Å². The second-order valence-electron chi connectivity index (χ2n) is 3.17. The molecule has 0 atom stereocenters. The van der Waals surface area contributed by atoms with Crippen molar-refractivity contribution in [3.05, 3.63) is 35.9 Å². The van der Waals surface area contributed by atoms with Gasteiger partial charge in [-0.1, -0.05) is 18.7 Å². The first-order chi connectivity index (χ1) is 6.77. The summed E-state index contributed by atoms with van der Waals surface area (Å²) in [6.45, 7) is 7.37. The molecule has 1 rings (SSSR count). The molecule has 1 aromatic carbocycles. The summed E-state index contributed by atoms with van der Waals surface area (Å²) in [4.78, 5) is 0. The molecular weight excluding hydrogens is 174 g/mol. The van der Waals surface area contributed by atoms with Crippen molar-refractivity contribution in [2.24, 2.45) is 0 Å². The Morgan fingerprint density at radius 2 is 2.29 bits per heavy atom. The molecule has 0 saturated heterocycles. The van der Waals surface area contributed by atoms with Gasteiger partial charge in [0.05, 0.1) is 0 Å². The normalized spacial score (nSPS) is 9.86. The molecule has 0 heterocycles. The third kappa shape index (κ3) is 2.89. The molecule has 0 amide bonds. The Labute approximate surface area is 85.6 Å². The zero-order chi connectivity index (χ0) is 10.4. The first-order valence-electron chi connectivity index (χ1n) is 4.78. The summed E-state index contributed by atoms with van der Waals surface area (Å²) in [7, 11) is 1.91. The average Bonchev–Trinajstić information content (AvgIpc) is 2.21. The van der Waals surface area contributed by atoms with Gasteiger partial charge in [0, 0.05) is 6.54 Å². The molecule has 1 aromatic rings. The summed E-state index contributed by atoms with van der Waals surface area (Å²) in [5.74, 6) is 0.903. The summed E-state index contributed by atoms with van der Waals surface area (Å²) in [5.41, 5.74) is 2.35. The minimum atomic E-state index is 0.691. The fourth-order valence-corrected chi connectivity index (χ4v) is 1.20. The van der Waals surface area contributed by atoms with Crippen LogP contribution >= 0.6 is 0 Å². The molecule has 0 aliphatic rings. The molecule has 0 aliphatic heterocycles. The van der Waals surface area contributed by atoms with Crippen LogP contribution in [0.15, 0.2) is 24.8 Å². The van der Waals surface area contributed by atoms with Crippen molar-refractivity contribution < 1.29 is 4.74 Å². The molecule has 2 heteroatoms. The number of rotatable bonds is 5. The van der Waals surface area contributed by atoms with E-state index in [0.717, 1.165) is 17.9 Å². The molecule has 2 nitrogen and oxygen atoms in total. The van der Waals surface area contributed by atoms with Crippen LogP contribution in [0.2, 0.25) is 0 Å². The molecule has 1 N–H and O–H groups in total. The second-order valence-corrected chi connectivity index (χ2v) is 3.17. The van der Waals surface area contributed by atoms with Gasteiger partial charge in [-0.05, 0) is 37.2 Å². The summed E-state index contributed by atoms with van der Waals surface area (Å²) >= 11 is 0. The molecule has 76 valence electrons. The van der Waals surface area contributed by atoms with Gasteiger partial charge in [-0.2, -0.15) is 0 Å². The predicted molar refractivity (Wildman–Crippen MR) is 60.7 cm³/mol. The Morgan fingerprint density at radius 1 is 1.50 bits per heavy atom. The lowest BCUT2D eigenvalue weighted by molar-refractivity contribution is 0.318. The van der Waals surface area contributed by atoms with Crippen molar-refractivity contribution in [3.8, 4) is 5.75 Å². The van der Waals surface area contributed by atoms with E-state index in [4.69, 9.17) is 4.74 Å². The third-order valence-corrected chi connectivity index (χ3v) is 2.09. The molecule has 0 spiro atoms. The molecule has 0 aliphatic carbocycles. The SMILES string of the molecule is C=Cc1cc(OCCNC)ccc1C. The van der Waals surface area contributed by atoms with E-state index in [1.54, 1.807) is 0 Å². The maximum atomic E-state index is 5.53. The summed E-state index contributed by atoms with van der Waals surface area (Å²) in [6.07, 6.45) is 1.85. The van der Waals surface area contributed by atoms with Crippen LogP contribution in [0.3, 0.4) is 0 Å². The van der Waals surface area contributed by atoms with Crippen LogP contribution < -0.4 is 10.1 Å². The topological polar surface area (TPSA) is 21.3 Å². The van der Waals surface area contributed by atoms with Crippen molar-refractivity contribution in [2.45, 2.75) is 6.92 Å². The monoisotopic (exact) mass is 191 g/mol. The smallest absolute Gasteiger partial charge is 0.119 e. The number of hydrogen-bond donors (Lipinski definition) is 1. The second kappa shape index (κ2) is 5.45. The van der Waals surface area contributed by atoms with E-state index in [-0.39, 0.29) is 0 Å². The van der Waals surface area contributed by atoms with Crippen molar-refractivity contribution in [1.29, 1.82) is 0 Å². The fourth-order valence-electron chi connectivity index (χ4n) is 1.20. The highest BCUT2D eigenvalue weighted by molar-refractivity contribution is 5.54. The number of likely N-dealkylation sites (N-methyl/N-ethyl adjacent to an activating group) is 1. The Balaban J connectivity index is 2.64. The van der Waals surface area contributed by atoms with E-state index in [0.29, 0.717) is 6.61 Å². The lowest BCUT2D eigenvalue weighted by Gasteiger charge is -2.07. The minimum Gasteiger partial charge on any atom is -0.492 e. The predicted octanol–water partition coefficient (Wildman–Crippen LogP) is 2.24. The van der Waals surface area contributed by atoms with Gasteiger partial charge in [-0.3, -0.25) is 0 Å². The van der Waals surface area contributed by atoms with Crippen LogP contribution in [-0.4, -0.2) is 20.2 Å². The van der Waals surface area contributed by atoms with Crippen LogP contribution in [-0.2, 0) is 0 Å². The van der Waals surface area contributed by atoms with E-state index < -0.39 is 0 Å². The van der Waals surface area contributed by atoms with Crippen molar-refractivity contribution in [2.75, 3.05) is 20.2 Å². The highest BCUT2D eigenvalue weighted by atomic mass is 16.5. The van der Waals surface area contributed by atoms with E-state index in [2.05, 4.69) is 18.8 Å². The zero-order valence-corrected chi connectivity index (χ0v) is 8.84. The highest BCUT2D eigenvalue weighted by Crippen LogP contribution is 2.17. The van der Waals surface area contributed by atoms with Gasteiger partial charge in [0.25, 0.3) is 0 Å². The minimum absolute atomic E-state index is 0.691. The standard InChI is InChI=1S/C12H17NO/c1-4-11-9-12(6-5-10(11)2)14-8-7-13-3/h4-6,9,13H,1,7-8H2,2-3H3. The quantitative estimate of drug-likeness (QED) is 0.721. The van der Waals surface area contributed by atoms with Crippen LogP contribution in [0, 0.1) is 6.92 Å². The van der Waals surface area contributed by atoms with Crippen molar-refractivity contribution in [1.82, 2.24) is 5.32 Å². The molecule has 14 heavy (non-hydrogen) atoms. The molecule has 0 unspecified atom stereocenters. The summed E-state index contributed by atoms with van der Waals surface area (Å²) < 4.78 is 5.53. The number of ether oxygens (including phenoxy) is 1. The Hall–Kier alpha value is -1.28. The molecule has 0 radical (unpaired) electrons. The fraction of sp³-hybridized carbons (Fsp3) is 0.333. The molecule has 0 aromatic heterocycles. The molecule has 0 fully saturated rings. The highest BCUT2D eigenvalue weighted by Gasteiger charge is 1.97. The maximum Gasteiger partial charge on any atom is 0.119 e. The van der Waals surface area contributed by atoms with Crippen LogP contribution in [0.1, 0.15) is 11.1 Å². The maximum absolute atomic E-state index is 5.53. The molecule has 0 saturated carbocycles. The van der Waals surface area contributed by atoms with Crippen molar-refractivity contribution >= 4 is 6.08 Å². The lowest BCUT2D eigenvalue weighted by Crippen LogP contribution is -2.15. The van der Waals surface area contributed by atoms with Crippen molar-refractivity contribution in [3.63, 3.8) is 0 Å². The van der Waals surface area contributed by atoms with Crippen LogP contribution in [0.5, 0.6) is 5.75 Å². The van der Waals surface area contributed by atoms with E-state index >= 15 is 0 Å². The zero-order valence-electron chi connectivity index (χ0n) is 8.84. The Kier molecular flexibility index (Phi) is 4.20. The third-order valence-electron chi connectivity index (χ3n) is 2.09. The van der Waals surface area contributed by atoms with Gasteiger partial charge < -0.3 is 10.1 Å². The largest absolute Gasteiger partial charge is 0.492 e. The summed E-state index contributed by atoms with van der Waals surface area (Å²) in [6, 6.07) is 6.04. The average molecular weight is 191 g/mol. The van der Waals surface area contributed by atoms with E-state index in [1.807, 2.05) is 31.3 Å². The Morgan fingerprint density at radius 3 is 2.93 bits per heavy atom. The van der Waals surface area contributed by atoms with Gasteiger partial charge in [0.15, 0.2) is 0 Å². The summed E-state index contributed by atoms with van der Waals surface area (Å²) in [5, 5.41) is 3.03. The van der Waals surface area contributed by atoms with Gasteiger partial charge in [-0.25, -0.2) is 0 Å². The number of nitrogens with one attached hydrogen (secondary N) is 1. The van der Waals surface area contributed by atoms with E-state index in [9.17, 15) is 0 Å². The lowest BCUT2D eigenvalue weighted by atomic mass is 10.1. The van der Waals surface area contributed by atoms with Gasteiger partial charge in [0.2, 0.25) is 0 Å². The van der Waals surface area contributed by atoms with Crippen LogP contribution in [0.4, 0.5) is 0 Å². The number of aryl methyl sites for hydroxylation is 1. The molecule has 0 bridgehead atoms. The van der Waals surface area contributed by atoms with Crippen LogP contribution in [0.25, 0.3) is 6.08 Å². The van der Waals surface area contributed by atoms with Gasteiger partial charge in [0.1, 0.15) is 12.4 Å². The first kappa shape index (κ1) is 10.8. The van der Waals surface area contributed by atoms with Gasteiger partial charge >= 0.3 is 0 Å². The Bertz CT molecular complexity index is 307.